The average molecular weight is 370 g/mol. The molecule has 0 bridgehead atoms. The van der Waals surface area contributed by atoms with E-state index in [9.17, 15) is 8.78 Å². The van der Waals surface area contributed by atoms with Crippen molar-refractivity contribution < 1.29 is 13.5 Å². The van der Waals surface area contributed by atoms with E-state index in [2.05, 4.69) is 21.2 Å². The first kappa shape index (κ1) is 16.9. The van der Waals surface area contributed by atoms with Gasteiger partial charge in [-0.1, -0.05) is 12.1 Å². The topological polar surface area (TPSA) is 21.3 Å². The molecule has 22 heavy (non-hydrogen) atoms. The number of benzene rings is 2. The van der Waals surface area contributed by atoms with Crippen LogP contribution in [0.5, 0.6) is 5.75 Å². The summed E-state index contributed by atoms with van der Waals surface area (Å²) in [6, 6.07) is 9.20. The Labute approximate surface area is 137 Å². The van der Waals surface area contributed by atoms with E-state index < -0.39 is 11.6 Å². The number of halogens is 3. The van der Waals surface area contributed by atoms with Crippen LogP contribution in [0.1, 0.15) is 37.1 Å². The predicted octanol–water partition coefficient (Wildman–Crippen LogP) is 5.15. The maximum absolute atomic E-state index is 13.8. The normalized spacial score (nSPS) is 13.7. The van der Waals surface area contributed by atoms with Crippen LogP contribution in [0.2, 0.25) is 0 Å². The Hall–Kier alpha value is -1.46. The van der Waals surface area contributed by atoms with E-state index in [1.807, 2.05) is 32.0 Å². The lowest BCUT2D eigenvalue weighted by Gasteiger charge is -2.21. The van der Waals surface area contributed by atoms with Crippen molar-refractivity contribution in [1.29, 1.82) is 0 Å². The van der Waals surface area contributed by atoms with E-state index in [0.29, 0.717) is 5.56 Å². The minimum atomic E-state index is -0.569. The molecule has 0 fully saturated rings. The zero-order valence-corrected chi connectivity index (χ0v) is 14.2. The molecule has 2 unspecified atom stereocenters. The van der Waals surface area contributed by atoms with E-state index in [-0.39, 0.29) is 12.1 Å². The second kappa shape index (κ2) is 7.20. The van der Waals surface area contributed by atoms with Crippen molar-refractivity contribution in [3.63, 3.8) is 0 Å². The fourth-order valence-electron chi connectivity index (χ4n) is 2.37. The van der Waals surface area contributed by atoms with Crippen LogP contribution in [0.3, 0.4) is 0 Å². The van der Waals surface area contributed by atoms with Crippen molar-refractivity contribution in [2.75, 3.05) is 7.11 Å². The van der Waals surface area contributed by atoms with Gasteiger partial charge in [0, 0.05) is 23.7 Å². The van der Waals surface area contributed by atoms with E-state index >= 15 is 0 Å². The summed E-state index contributed by atoms with van der Waals surface area (Å²) in [5.74, 6) is -0.350. The highest BCUT2D eigenvalue weighted by atomic mass is 79.9. The third kappa shape index (κ3) is 3.84. The van der Waals surface area contributed by atoms with Gasteiger partial charge in [0.15, 0.2) is 0 Å². The number of hydrogen-bond acceptors (Lipinski definition) is 2. The molecule has 0 spiro atoms. The highest BCUT2D eigenvalue weighted by Gasteiger charge is 2.16. The SMILES string of the molecule is COc1ccc(C(C)NC(C)c2ccc(F)cc2F)cc1Br. The van der Waals surface area contributed by atoms with Crippen LogP contribution in [0, 0.1) is 11.6 Å². The van der Waals surface area contributed by atoms with Gasteiger partial charge in [-0.05, 0) is 53.5 Å². The molecular formula is C17H18BrF2NO. The Morgan fingerprint density at radius 1 is 1.05 bits per heavy atom. The maximum atomic E-state index is 13.8. The number of methoxy groups -OCH3 is 1. The molecule has 2 nitrogen and oxygen atoms in total. The molecule has 1 N–H and O–H groups in total. The molecule has 5 heteroatoms. The molecule has 0 saturated heterocycles. The monoisotopic (exact) mass is 369 g/mol. The van der Waals surface area contributed by atoms with Crippen molar-refractivity contribution >= 4 is 15.9 Å². The minimum absolute atomic E-state index is 0.00154. The molecule has 0 saturated carbocycles. The third-order valence-corrected chi connectivity index (χ3v) is 4.22. The van der Waals surface area contributed by atoms with Crippen LogP contribution >= 0.6 is 15.9 Å². The lowest BCUT2D eigenvalue weighted by atomic mass is 10.0. The smallest absolute Gasteiger partial charge is 0.133 e. The first-order valence-corrected chi connectivity index (χ1v) is 7.76. The number of rotatable bonds is 5. The second-order valence-electron chi connectivity index (χ2n) is 5.17. The van der Waals surface area contributed by atoms with E-state index in [1.54, 1.807) is 7.11 Å². The first-order valence-electron chi connectivity index (χ1n) is 6.96. The average Bonchev–Trinajstić information content (AvgIpc) is 2.46. The summed E-state index contributed by atoms with van der Waals surface area (Å²) in [7, 11) is 1.61. The summed E-state index contributed by atoms with van der Waals surface area (Å²) in [6.45, 7) is 3.84. The Bertz CT molecular complexity index is 663. The van der Waals surface area contributed by atoms with Crippen LogP contribution in [-0.4, -0.2) is 7.11 Å². The first-order chi connectivity index (χ1) is 10.4. The Morgan fingerprint density at radius 2 is 1.77 bits per heavy atom. The fraction of sp³-hybridized carbons (Fsp3) is 0.294. The molecule has 0 heterocycles. The predicted molar refractivity (Wildman–Crippen MR) is 87.0 cm³/mol. The van der Waals surface area contributed by atoms with E-state index in [4.69, 9.17) is 4.74 Å². The van der Waals surface area contributed by atoms with Gasteiger partial charge in [-0.15, -0.1) is 0 Å². The zero-order chi connectivity index (χ0) is 16.3. The van der Waals surface area contributed by atoms with Crippen LogP contribution in [0.25, 0.3) is 0 Å². The molecule has 2 atom stereocenters. The summed E-state index contributed by atoms with van der Waals surface area (Å²) in [5, 5.41) is 3.31. The Morgan fingerprint density at radius 3 is 2.36 bits per heavy atom. The van der Waals surface area contributed by atoms with Gasteiger partial charge in [-0.3, -0.25) is 0 Å². The number of ether oxygens (including phenoxy) is 1. The van der Waals surface area contributed by atoms with Crippen molar-refractivity contribution in [2.24, 2.45) is 0 Å². The quantitative estimate of drug-likeness (QED) is 0.786. The highest BCUT2D eigenvalue weighted by Crippen LogP contribution is 2.29. The minimum Gasteiger partial charge on any atom is -0.496 e. The van der Waals surface area contributed by atoms with Crippen LogP contribution in [-0.2, 0) is 0 Å². The van der Waals surface area contributed by atoms with Crippen molar-refractivity contribution in [3.05, 3.63) is 63.6 Å². The molecule has 0 aromatic heterocycles. The standard InChI is InChI=1S/C17H18BrF2NO/c1-10(12-4-7-17(22-3)15(18)8-12)21-11(2)14-6-5-13(19)9-16(14)20/h4-11,21H,1-3H3. The summed E-state index contributed by atoms with van der Waals surface area (Å²) in [5.41, 5.74) is 1.49. The molecule has 2 rings (SSSR count). The Kier molecular flexibility index (Phi) is 5.53. The van der Waals surface area contributed by atoms with Gasteiger partial charge >= 0.3 is 0 Å². The van der Waals surface area contributed by atoms with Gasteiger partial charge in [-0.2, -0.15) is 0 Å². The summed E-state index contributed by atoms with van der Waals surface area (Å²) < 4.78 is 32.9. The van der Waals surface area contributed by atoms with Crippen LogP contribution in [0.4, 0.5) is 8.78 Å². The molecule has 0 aliphatic heterocycles. The third-order valence-electron chi connectivity index (χ3n) is 3.60. The lowest BCUT2D eigenvalue weighted by molar-refractivity contribution is 0.411. The van der Waals surface area contributed by atoms with Crippen LogP contribution in [0.15, 0.2) is 40.9 Å². The molecule has 2 aromatic rings. The molecule has 0 radical (unpaired) electrons. The molecular weight excluding hydrogens is 352 g/mol. The van der Waals surface area contributed by atoms with Gasteiger partial charge in [0.2, 0.25) is 0 Å². The summed E-state index contributed by atoms with van der Waals surface area (Å²) >= 11 is 3.45. The van der Waals surface area contributed by atoms with Crippen molar-refractivity contribution in [3.8, 4) is 5.75 Å². The van der Waals surface area contributed by atoms with Gasteiger partial charge in [0.05, 0.1) is 11.6 Å². The zero-order valence-electron chi connectivity index (χ0n) is 12.7. The fourth-order valence-corrected chi connectivity index (χ4v) is 2.92. The van der Waals surface area contributed by atoms with E-state index in [1.165, 1.54) is 12.1 Å². The molecule has 0 aliphatic rings. The molecule has 118 valence electrons. The largest absolute Gasteiger partial charge is 0.496 e. The van der Waals surface area contributed by atoms with Gasteiger partial charge in [-0.25, -0.2) is 8.78 Å². The maximum Gasteiger partial charge on any atom is 0.133 e. The van der Waals surface area contributed by atoms with Crippen molar-refractivity contribution in [1.82, 2.24) is 5.32 Å². The number of hydrogen-bond donors (Lipinski definition) is 1. The Balaban J connectivity index is 2.13. The van der Waals surface area contributed by atoms with Crippen LogP contribution < -0.4 is 10.1 Å². The summed E-state index contributed by atoms with van der Waals surface area (Å²) in [6.07, 6.45) is 0. The summed E-state index contributed by atoms with van der Waals surface area (Å²) in [4.78, 5) is 0. The number of nitrogens with one attached hydrogen (secondary N) is 1. The highest BCUT2D eigenvalue weighted by molar-refractivity contribution is 9.10. The van der Waals surface area contributed by atoms with E-state index in [0.717, 1.165) is 21.9 Å². The van der Waals surface area contributed by atoms with Gasteiger partial charge < -0.3 is 10.1 Å². The van der Waals surface area contributed by atoms with Gasteiger partial charge in [0.25, 0.3) is 0 Å². The molecule has 0 amide bonds. The van der Waals surface area contributed by atoms with Gasteiger partial charge in [0.1, 0.15) is 17.4 Å². The lowest BCUT2D eigenvalue weighted by Crippen LogP contribution is -2.23. The molecule has 2 aromatic carbocycles. The molecule has 0 aliphatic carbocycles. The van der Waals surface area contributed by atoms with Crippen molar-refractivity contribution in [2.45, 2.75) is 25.9 Å². The second-order valence-corrected chi connectivity index (χ2v) is 6.02.